The predicted octanol–water partition coefficient (Wildman–Crippen LogP) is 9.63. The molecule has 3 atom stereocenters. The molecule has 0 saturated carbocycles. The second-order valence-electron chi connectivity index (χ2n) is 14.4. The van der Waals surface area contributed by atoms with Crippen molar-refractivity contribution in [2.24, 2.45) is 0 Å². The highest BCUT2D eigenvalue weighted by Crippen LogP contribution is 2.30. The Balaban J connectivity index is 0.000000253. The number of hydrogen-bond donors (Lipinski definition) is 3. The van der Waals surface area contributed by atoms with Gasteiger partial charge in [-0.05, 0) is 97.1 Å². The van der Waals surface area contributed by atoms with Gasteiger partial charge in [-0.1, -0.05) is 121 Å². The third-order valence-corrected chi connectivity index (χ3v) is 9.70. The number of carbonyl (C=O) groups is 4. The summed E-state index contributed by atoms with van der Waals surface area (Å²) >= 11 is 0. The van der Waals surface area contributed by atoms with E-state index in [0.29, 0.717) is 23.3 Å². The molecule has 0 saturated heterocycles. The molecule has 6 rings (SSSR count). The van der Waals surface area contributed by atoms with Crippen LogP contribution in [0, 0.1) is 0 Å². The third kappa shape index (κ3) is 14.7. The van der Waals surface area contributed by atoms with Gasteiger partial charge < -0.3 is 29.7 Å². The van der Waals surface area contributed by atoms with Gasteiger partial charge in [0.05, 0.1) is 16.7 Å². The molecule has 0 aliphatic rings. The molecule has 0 aliphatic carbocycles. The first-order valence-corrected chi connectivity index (χ1v) is 20.0. The van der Waals surface area contributed by atoms with Gasteiger partial charge in [0.2, 0.25) is 12.2 Å². The molecule has 63 heavy (non-hydrogen) atoms. The van der Waals surface area contributed by atoms with Crippen molar-refractivity contribution in [2.75, 3.05) is 6.54 Å². The van der Waals surface area contributed by atoms with Crippen molar-refractivity contribution in [1.29, 1.82) is 0 Å². The molecule has 6 aromatic rings. The van der Waals surface area contributed by atoms with Gasteiger partial charge in [0.25, 0.3) is 0 Å². The lowest BCUT2D eigenvalue weighted by atomic mass is 9.88. The van der Waals surface area contributed by atoms with E-state index in [1.807, 2.05) is 36.4 Å². The zero-order valence-corrected chi connectivity index (χ0v) is 34.2. The molecule has 0 spiro atoms. The largest absolute Gasteiger partial charge is 0.489 e. The van der Waals surface area contributed by atoms with Crippen LogP contribution < -0.4 is 10.1 Å². The van der Waals surface area contributed by atoms with Crippen LogP contribution in [0.3, 0.4) is 0 Å². The number of carboxylic acids is 2. The molecule has 0 heterocycles. The van der Waals surface area contributed by atoms with E-state index in [2.05, 4.69) is 60.8 Å². The molecule has 13 heteroatoms. The second kappa shape index (κ2) is 23.1. The minimum Gasteiger partial charge on any atom is -0.489 e. The highest BCUT2D eigenvalue weighted by atomic mass is 19.4. The van der Waals surface area contributed by atoms with Gasteiger partial charge >= 0.3 is 30.1 Å². The fourth-order valence-corrected chi connectivity index (χ4v) is 6.52. The Hall–Kier alpha value is -7.25. The van der Waals surface area contributed by atoms with Gasteiger partial charge in [-0.15, -0.1) is 0 Å². The SMILES string of the molecule is CC(Cc1ccc(OCc2cccc(C(F)(F)F)c2)cc1)NCCC(c1ccccc1)c1ccccc1.O=C(OC(C(=O)O)C(OC(=O)c1ccccc1)C(=O)O)c1ccccc1. The first-order valence-electron chi connectivity index (χ1n) is 20.0. The summed E-state index contributed by atoms with van der Waals surface area (Å²) in [5.41, 5.74) is 3.70. The average Bonchev–Trinajstić information content (AvgIpc) is 3.29. The minimum atomic E-state index is -4.35. The van der Waals surface area contributed by atoms with Crippen molar-refractivity contribution in [3.63, 3.8) is 0 Å². The zero-order chi connectivity index (χ0) is 45.2. The molecule has 3 unspecified atom stereocenters. The fourth-order valence-electron chi connectivity index (χ4n) is 6.52. The van der Waals surface area contributed by atoms with E-state index in [1.54, 1.807) is 18.2 Å². The van der Waals surface area contributed by atoms with Crippen molar-refractivity contribution in [3.05, 3.63) is 209 Å². The maximum atomic E-state index is 12.9. The summed E-state index contributed by atoms with van der Waals surface area (Å²) in [6, 6.07) is 49.4. The molecule has 10 nitrogen and oxygen atoms in total. The second-order valence-corrected chi connectivity index (χ2v) is 14.4. The van der Waals surface area contributed by atoms with Gasteiger partial charge in [-0.2, -0.15) is 13.2 Å². The molecular weight excluding hydrogens is 816 g/mol. The minimum absolute atomic E-state index is 0.0253. The Bertz CT molecular complexity index is 2260. The Labute approximate surface area is 362 Å². The van der Waals surface area contributed by atoms with E-state index < -0.39 is 47.8 Å². The van der Waals surface area contributed by atoms with Crippen LogP contribution in [-0.2, 0) is 38.3 Å². The standard InChI is InChI=1S/C32H32F3NO.C18H14O8/c1-24(36-20-19-31(27-10-4-2-5-11-27)28-12-6-3-7-13-28)21-25-15-17-30(18-16-25)37-23-26-9-8-14-29(22-26)32(33,34)35;19-15(20)13(25-17(23)11-7-3-1-4-8-11)14(16(21)22)26-18(24)12-9-5-2-6-10-12/h2-18,22,24,31,36H,19-21,23H2,1H3;1-10,13-14H,(H,19,20)(H,21,22). The van der Waals surface area contributed by atoms with Crippen LogP contribution in [0.1, 0.15) is 67.8 Å². The van der Waals surface area contributed by atoms with E-state index in [1.165, 1.54) is 71.3 Å². The van der Waals surface area contributed by atoms with Crippen LogP contribution in [0.15, 0.2) is 170 Å². The lowest BCUT2D eigenvalue weighted by Gasteiger charge is -2.21. The summed E-state index contributed by atoms with van der Waals surface area (Å²) in [6.45, 7) is 3.16. The molecular formula is C50H46F3NO9. The molecule has 0 bridgehead atoms. The zero-order valence-electron chi connectivity index (χ0n) is 34.2. The Morgan fingerprint density at radius 2 is 1.05 bits per heavy atom. The van der Waals surface area contributed by atoms with E-state index in [4.69, 9.17) is 14.2 Å². The predicted molar refractivity (Wildman–Crippen MR) is 229 cm³/mol. The van der Waals surface area contributed by atoms with E-state index in [0.717, 1.165) is 31.5 Å². The quantitative estimate of drug-likeness (QED) is 0.0714. The number of carbonyl (C=O) groups excluding carboxylic acids is 2. The lowest BCUT2D eigenvalue weighted by Crippen LogP contribution is -2.45. The molecule has 0 amide bonds. The lowest BCUT2D eigenvalue weighted by molar-refractivity contribution is -0.166. The van der Waals surface area contributed by atoms with E-state index >= 15 is 0 Å². The van der Waals surface area contributed by atoms with Gasteiger partial charge in [0, 0.05) is 12.0 Å². The molecule has 6 aromatic carbocycles. The van der Waals surface area contributed by atoms with Gasteiger partial charge in [-0.3, -0.25) is 0 Å². The normalized spacial score (nSPS) is 12.5. The van der Waals surface area contributed by atoms with Crippen LogP contribution >= 0.6 is 0 Å². The van der Waals surface area contributed by atoms with Crippen LogP contribution in [0.2, 0.25) is 0 Å². The van der Waals surface area contributed by atoms with Crippen molar-refractivity contribution in [1.82, 2.24) is 5.32 Å². The van der Waals surface area contributed by atoms with E-state index in [9.17, 15) is 42.6 Å². The maximum Gasteiger partial charge on any atom is 0.416 e. The Morgan fingerprint density at radius 3 is 1.49 bits per heavy atom. The summed E-state index contributed by atoms with van der Waals surface area (Å²) in [7, 11) is 0. The van der Waals surface area contributed by atoms with Crippen molar-refractivity contribution < 1.29 is 56.8 Å². The first-order chi connectivity index (χ1) is 30.3. The van der Waals surface area contributed by atoms with Crippen LogP contribution in [0.5, 0.6) is 5.75 Å². The number of hydrogen-bond acceptors (Lipinski definition) is 8. The van der Waals surface area contributed by atoms with Crippen LogP contribution in [0.4, 0.5) is 13.2 Å². The number of esters is 2. The van der Waals surface area contributed by atoms with Gasteiger partial charge in [0.15, 0.2) is 0 Å². The number of rotatable bonds is 18. The average molecular weight is 862 g/mol. The summed E-state index contributed by atoms with van der Waals surface area (Å²) in [5, 5.41) is 22.1. The number of alkyl halides is 3. The van der Waals surface area contributed by atoms with E-state index in [-0.39, 0.29) is 17.7 Å². The Morgan fingerprint density at radius 1 is 0.587 bits per heavy atom. The van der Waals surface area contributed by atoms with Crippen LogP contribution in [0.25, 0.3) is 0 Å². The van der Waals surface area contributed by atoms with Crippen LogP contribution in [-0.4, -0.2) is 58.9 Å². The molecule has 326 valence electrons. The number of benzene rings is 6. The highest BCUT2D eigenvalue weighted by molar-refractivity contribution is 5.95. The number of halogens is 3. The smallest absolute Gasteiger partial charge is 0.416 e. The number of carboxylic acid groups (broad SMARTS) is 2. The Kier molecular flexibility index (Phi) is 17.2. The molecule has 3 N–H and O–H groups in total. The summed E-state index contributed by atoms with van der Waals surface area (Å²) in [6.07, 6.45) is -6.91. The molecule has 0 radical (unpaired) electrons. The monoisotopic (exact) mass is 861 g/mol. The summed E-state index contributed by atoms with van der Waals surface area (Å²) in [5.74, 6) is -4.66. The first kappa shape index (κ1) is 46.8. The molecule has 0 fully saturated rings. The van der Waals surface area contributed by atoms with Crippen molar-refractivity contribution >= 4 is 23.9 Å². The third-order valence-electron chi connectivity index (χ3n) is 9.70. The number of nitrogens with one attached hydrogen (secondary N) is 1. The molecule has 0 aliphatic heterocycles. The van der Waals surface area contributed by atoms with Crippen molar-refractivity contribution in [2.45, 2.75) is 56.7 Å². The van der Waals surface area contributed by atoms with Gasteiger partial charge in [0.1, 0.15) is 12.4 Å². The van der Waals surface area contributed by atoms with Crippen molar-refractivity contribution in [3.8, 4) is 5.75 Å². The topological polar surface area (TPSA) is 148 Å². The van der Waals surface area contributed by atoms with Gasteiger partial charge in [-0.25, -0.2) is 19.2 Å². The number of aliphatic carboxylic acids is 2. The summed E-state index contributed by atoms with van der Waals surface area (Å²) < 4.78 is 54.0. The highest BCUT2D eigenvalue weighted by Gasteiger charge is 2.41. The summed E-state index contributed by atoms with van der Waals surface area (Å²) in [4.78, 5) is 46.8. The maximum absolute atomic E-state index is 12.9. The fraction of sp³-hybridized carbons (Fsp3) is 0.200. The molecule has 0 aromatic heterocycles. The number of ether oxygens (including phenoxy) is 3.